The molecule has 0 spiro atoms. The first-order valence-electron chi connectivity index (χ1n) is 6.67. The van der Waals surface area contributed by atoms with Crippen molar-refractivity contribution in [2.24, 2.45) is 0 Å². The molecule has 6 heteroatoms. The van der Waals surface area contributed by atoms with Crippen molar-refractivity contribution in [1.29, 1.82) is 0 Å². The van der Waals surface area contributed by atoms with Crippen LogP contribution in [0.25, 0.3) is 0 Å². The standard InChI is InChI=1S/C8H7S.C6H12N3P.Au/c1-7-2-4-8(6-9)5-3-7;1-7-2-9-3-8(1)5-10(4-7)6-9;/h2-4,6H,1H3;1-6H2;/q-1;;+1/p+1. The van der Waals surface area contributed by atoms with Gasteiger partial charge in [-0.1, -0.05) is 12.3 Å². The van der Waals surface area contributed by atoms with Crippen LogP contribution in [0, 0.1) is 13.0 Å². The average molecular weight is 490 g/mol. The van der Waals surface area contributed by atoms with E-state index in [0.29, 0.717) is 0 Å². The van der Waals surface area contributed by atoms with E-state index in [9.17, 15) is 0 Å². The Morgan fingerprint density at radius 2 is 1.65 bits per heavy atom. The molecule has 1 aromatic rings. The van der Waals surface area contributed by atoms with Crippen LogP contribution in [0.2, 0.25) is 0 Å². The first kappa shape index (κ1) is 16.7. The molecule has 3 nitrogen and oxygen atoms in total. The summed E-state index contributed by atoms with van der Waals surface area (Å²) in [5.41, 5.74) is 2.20. The number of nitrogens with zero attached hydrogens (tertiary/aromatic N) is 3. The van der Waals surface area contributed by atoms with E-state index in [-0.39, 0.29) is 30.3 Å². The summed E-state index contributed by atoms with van der Waals surface area (Å²) in [5.74, 6) is 0. The zero-order chi connectivity index (χ0) is 13.2. The number of thiocarbonyl (C=S) groups is 1. The van der Waals surface area contributed by atoms with Gasteiger partial charge >= 0.3 is 22.4 Å². The van der Waals surface area contributed by atoms with Gasteiger partial charge in [0.2, 0.25) is 0 Å². The topological polar surface area (TPSA) is 9.72 Å². The molecule has 0 atom stereocenters. The van der Waals surface area contributed by atoms with Gasteiger partial charge in [0, 0.05) is 7.92 Å². The largest absolute Gasteiger partial charge is 1.00 e. The predicted molar refractivity (Wildman–Crippen MR) is 85.8 cm³/mol. The summed E-state index contributed by atoms with van der Waals surface area (Å²) in [4.78, 5) is 7.76. The molecule has 20 heavy (non-hydrogen) atoms. The third-order valence-electron chi connectivity index (χ3n) is 3.66. The van der Waals surface area contributed by atoms with Gasteiger partial charge in [-0.2, -0.15) is 12.2 Å². The fourth-order valence-electron chi connectivity index (χ4n) is 2.97. The number of hydrogen-bond donors (Lipinski definition) is 0. The summed E-state index contributed by atoms with van der Waals surface area (Å²) < 4.78 is 0. The Balaban J connectivity index is 0.000000141. The van der Waals surface area contributed by atoms with E-state index in [1.807, 2.05) is 25.1 Å². The molecule has 0 amide bonds. The molecule has 4 saturated heterocycles. The zero-order valence-corrected chi connectivity index (χ0v) is 15.6. The van der Waals surface area contributed by atoms with Crippen molar-refractivity contribution in [3.8, 4) is 0 Å². The third kappa shape index (κ3) is 4.19. The van der Waals surface area contributed by atoms with E-state index in [4.69, 9.17) is 12.2 Å². The molecular weight excluding hydrogens is 470 g/mol. The molecule has 4 aliphatic heterocycles. The summed E-state index contributed by atoms with van der Waals surface area (Å²) in [6, 6.07) is 8.94. The summed E-state index contributed by atoms with van der Waals surface area (Å²) in [6.45, 7) is 5.80. The minimum Gasteiger partial charge on any atom is -0.245 e. The molecule has 4 heterocycles. The molecule has 0 unspecified atom stereocenters. The molecule has 4 bridgehead atoms. The molecule has 0 aromatic heterocycles. The SMILES string of the molecule is C1N2CN3CN1C[PH+](C2)C3.Cc1c[c-]c(C=S)cc1.[Au+]. The summed E-state index contributed by atoms with van der Waals surface area (Å²) in [5, 5.41) is 1.62. The van der Waals surface area contributed by atoms with E-state index >= 15 is 0 Å². The van der Waals surface area contributed by atoms with Gasteiger partial charge in [-0.15, -0.1) is 35.4 Å². The molecule has 4 fully saturated rings. The predicted octanol–water partition coefficient (Wildman–Crippen LogP) is 2.03. The first-order valence-corrected chi connectivity index (χ1v) is 9.26. The molecule has 112 valence electrons. The smallest absolute Gasteiger partial charge is 0.245 e. The molecule has 1 aromatic carbocycles. The number of aryl methyl sites for hydroxylation is 1. The van der Waals surface area contributed by atoms with E-state index in [2.05, 4.69) is 20.8 Å². The maximum absolute atomic E-state index is 4.71. The van der Waals surface area contributed by atoms with Crippen molar-refractivity contribution in [2.75, 3.05) is 38.9 Å². The van der Waals surface area contributed by atoms with Crippen LogP contribution in [-0.2, 0) is 22.4 Å². The Morgan fingerprint density at radius 3 is 2.00 bits per heavy atom. The van der Waals surface area contributed by atoms with Crippen LogP contribution >= 0.6 is 20.1 Å². The Bertz CT molecular complexity index is 398. The van der Waals surface area contributed by atoms with Gasteiger partial charge in [-0.25, -0.2) is 14.7 Å². The molecule has 0 aliphatic carbocycles. The summed E-state index contributed by atoms with van der Waals surface area (Å²) in [6.07, 6.45) is 4.37. The van der Waals surface area contributed by atoms with Crippen LogP contribution < -0.4 is 0 Å². The summed E-state index contributed by atoms with van der Waals surface area (Å²) in [7, 11) is 0.0297. The summed E-state index contributed by atoms with van der Waals surface area (Å²) >= 11 is 4.71. The second kappa shape index (κ2) is 7.57. The Hall–Kier alpha value is 0.360. The van der Waals surface area contributed by atoms with Crippen molar-refractivity contribution < 1.29 is 22.4 Å². The fraction of sp³-hybridized carbons (Fsp3) is 0.500. The second-order valence-electron chi connectivity index (χ2n) is 5.60. The van der Waals surface area contributed by atoms with Crippen molar-refractivity contribution >= 4 is 25.5 Å². The fourth-order valence-corrected chi connectivity index (χ4v) is 5.91. The van der Waals surface area contributed by atoms with Gasteiger partial charge in [-0.05, 0) is 0 Å². The number of rotatable bonds is 1. The molecule has 0 N–H and O–H groups in total. The van der Waals surface area contributed by atoms with Crippen LogP contribution in [0.3, 0.4) is 0 Å². The van der Waals surface area contributed by atoms with Gasteiger partial charge in [0.05, 0.1) is 20.0 Å². The molecule has 0 saturated carbocycles. The Labute approximate surface area is 143 Å². The van der Waals surface area contributed by atoms with Gasteiger partial charge in [0.15, 0.2) is 0 Å². The van der Waals surface area contributed by atoms with Crippen LogP contribution in [0.1, 0.15) is 11.1 Å². The van der Waals surface area contributed by atoms with Crippen molar-refractivity contribution in [3.63, 3.8) is 0 Å². The molecular formula is C14H20AuN3PS+. The van der Waals surface area contributed by atoms with Crippen molar-refractivity contribution in [3.05, 3.63) is 35.4 Å². The molecule has 5 rings (SSSR count). The zero-order valence-electron chi connectivity index (χ0n) is 11.6. The van der Waals surface area contributed by atoms with E-state index in [1.165, 1.54) is 44.4 Å². The average Bonchev–Trinajstić information content (AvgIpc) is 2.39. The van der Waals surface area contributed by atoms with Gasteiger partial charge in [0.25, 0.3) is 0 Å². The second-order valence-corrected chi connectivity index (χ2v) is 8.28. The van der Waals surface area contributed by atoms with Gasteiger partial charge in [-0.3, -0.25) is 0 Å². The van der Waals surface area contributed by atoms with Gasteiger partial charge < -0.3 is 0 Å². The molecule has 4 aliphatic rings. The number of benzene rings is 1. The minimum atomic E-state index is 0. The van der Waals surface area contributed by atoms with Crippen LogP contribution in [0.15, 0.2) is 18.2 Å². The Morgan fingerprint density at radius 1 is 1.10 bits per heavy atom. The minimum absolute atomic E-state index is 0. The van der Waals surface area contributed by atoms with E-state index in [0.717, 1.165) is 5.56 Å². The Kier molecular flexibility index (Phi) is 6.33. The normalized spacial score (nSPS) is 32.9. The number of hydrogen-bond acceptors (Lipinski definition) is 4. The van der Waals surface area contributed by atoms with E-state index in [1.54, 1.807) is 5.37 Å². The quantitative estimate of drug-likeness (QED) is 0.258. The van der Waals surface area contributed by atoms with E-state index < -0.39 is 0 Å². The first-order chi connectivity index (χ1) is 9.22. The maximum atomic E-state index is 4.71. The maximum Gasteiger partial charge on any atom is 1.00 e. The van der Waals surface area contributed by atoms with Crippen LogP contribution in [0.5, 0.6) is 0 Å². The van der Waals surface area contributed by atoms with Crippen LogP contribution in [0.4, 0.5) is 0 Å². The monoisotopic (exact) mass is 490 g/mol. The van der Waals surface area contributed by atoms with Crippen molar-refractivity contribution in [2.45, 2.75) is 6.92 Å². The van der Waals surface area contributed by atoms with Crippen molar-refractivity contribution in [1.82, 2.24) is 14.7 Å². The van der Waals surface area contributed by atoms with Gasteiger partial charge in [0.1, 0.15) is 18.9 Å². The van der Waals surface area contributed by atoms with Crippen LogP contribution in [-0.4, -0.2) is 58.9 Å². The third-order valence-corrected chi connectivity index (χ3v) is 6.60. The molecule has 0 radical (unpaired) electrons.